The van der Waals surface area contributed by atoms with E-state index in [4.69, 9.17) is 0 Å². The molecular formula is C11H19BrCuN2O. The second-order valence-corrected chi connectivity index (χ2v) is 3.72. The Kier molecular flexibility index (Phi) is 14.8. The molecule has 1 radical (unpaired) electrons. The van der Waals surface area contributed by atoms with Crippen molar-refractivity contribution in [2.75, 3.05) is 25.6 Å². The molecule has 0 unspecified atom stereocenters. The van der Waals surface area contributed by atoms with Crippen molar-refractivity contribution in [3.8, 4) is 0 Å². The van der Waals surface area contributed by atoms with E-state index in [9.17, 15) is 0 Å². The molecule has 0 N–H and O–H groups in total. The van der Waals surface area contributed by atoms with Crippen molar-refractivity contribution in [2.24, 2.45) is 0 Å². The quantitative estimate of drug-likeness (QED) is 0.622. The van der Waals surface area contributed by atoms with Crippen molar-refractivity contribution < 1.29 is 20.9 Å². The number of anilines is 1. The van der Waals surface area contributed by atoms with Crippen molar-refractivity contribution in [1.29, 1.82) is 0 Å². The molecule has 0 aromatic carbocycles. The fraction of sp³-hybridized carbons (Fsp3) is 0.545. The Bertz CT molecular complexity index is 231. The van der Waals surface area contributed by atoms with Crippen LogP contribution in [0.15, 0.2) is 24.5 Å². The first-order chi connectivity index (χ1) is 7.22. The average Bonchev–Trinajstić information content (AvgIpc) is 2.28. The number of halogens is 1. The molecule has 3 nitrogen and oxygen atoms in total. The van der Waals surface area contributed by atoms with E-state index in [0.717, 1.165) is 13.0 Å². The summed E-state index contributed by atoms with van der Waals surface area (Å²) in [6.07, 6.45) is 5.92. The van der Waals surface area contributed by atoms with Gasteiger partial charge < -0.3 is 8.73 Å². The molecule has 0 amide bonds. The molecule has 0 aliphatic rings. The van der Waals surface area contributed by atoms with Crippen LogP contribution in [0.2, 0.25) is 0 Å². The molecule has 0 saturated heterocycles. The minimum Gasteiger partial charge on any atom is -0.378 e. The molecule has 1 rings (SSSR count). The monoisotopic (exact) mass is 337 g/mol. The maximum atomic E-state index is 4.59. The van der Waals surface area contributed by atoms with Gasteiger partial charge in [0.05, 0.1) is 22.9 Å². The van der Waals surface area contributed by atoms with Crippen LogP contribution in [0, 0.1) is 0 Å². The van der Waals surface area contributed by atoms with Gasteiger partial charge in [-0.3, -0.25) is 4.98 Å². The zero-order valence-corrected chi connectivity index (χ0v) is 12.4. The molecule has 1 aromatic rings. The smallest absolute Gasteiger partial charge is 0.0987 e. The van der Waals surface area contributed by atoms with Crippen LogP contribution in [-0.4, -0.2) is 25.7 Å². The Labute approximate surface area is 118 Å². The first kappa shape index (κ1) is 18.3. The van der Waals surface area contributed by atoms with Crippen LogP contribution in [0.5, 0.6) is 0 Å². The third kappa shape index (κ3) is 10.4. The van der Waals surface area contributed by atoms with Crippen LogP contribution >= 0.6 is 16.3 Å². The summed E-state index contributed by atoms with van der Waals surface area (Å²) in [4.78, 5) is 5.94. The topological polar surface area (TPSA) is 25.4 Å². The van der Waals surface area contributed by atoms with E-state index in [1.54, 1.807) is 12.4 Å². The summed E-state index contributed by atoms with van der Waals surface area (Å²) in [6.45, 7) is 2.96. The van der Waals surface area contributed by atoms with Gasteiger partial charge in [0.2, 0.25) is 0 Å². The molecular weight excluding hydrogens is 320 g/mol. The first-order valence-electron chi connectivity index (χ1n) is 5.03. The summed E-state index contributed by atoms with van der Waals surface area (Å²) >= 11 is 2.85. The Morgan fingerprint density at radius 1 is 1.31 bits per heavy atom. The molecule has 5 heteroatoms. The molecule has 0 saturated carbocycles. The summed E-state index contributed by atoms with van der Waals surface area (Å²) in [5.74, 6) is 0. The second kappa shape index (κ2) is 13.0. The Hall–Kier alpha value is -0.0905. The molecule has 0 spiro atoms. The van der Waals surface area contributed by atoms with Gasteiger partial charge in [-0.2, -0.15) is 0 Å². The van der Waals surface area contributed by atoms with Crippen molar-refractivity contribution in [1.82, 2.24) is 4.98 Å². The zero-order valence-electron chi connectivity index (χ0n) is 9.91. The van der Waals surface area contributed by atoms with E-state index in [0.29, 0.717) is 0 Å². The Morgan fingerprint density at radius 2 is 1.88 bits per heavy atom. The number of rotatable bonds is 4. The minimum absolute atomic E-state index is 0. The Balaban J connectivity index is 0. The van der Waals surface area contributed by atoms with Crippen molar-refractivity contribution in [2.45, 2.75) is 19.8 Å². The molecule has 0 aliphatic carbocycles. The average molecular weight is 339 g/mol. The summed E-state index contributed by atoms with van der Waals surface area (Å²) in [5.41, 5.74) is 1.19. The molecule has 0 fully saturated rings. The number of hydrogen-bond donors (Lipinski definition) is 0. The summed E-state index contributed by atoms with van der Waals surface area (Å²) in [6, 6.07) is 3.94. The molecule has 0 aliphatic heterocycles. The largest absolute Gasteiger partial charge is 0.378 e. The van der Waals surface area contributed by atoms with E-state index in [-0.39, 0.29) is 17.1 Å². The maximum absolute atomic E-state index is 4.59. The normalized spacial score (nSPS) is 8.50. The molecule has 16 heavy (non-hydrogen) atoms. The van der Waals surface area contributed by atoms with Gasteiger partial charge in [0.25, 0.3) is 0 Å². The number of unbranched alkanes of at least 4 members (excludes halogenated alkanes) is 1. The predicted octanol–water partition coefficient (Wildman–Crippen LogP) is 3.26. The van der Waals surface area contributed by atoms with E-state index in [1.807, 2.05) is 31.1 Å². The second-order valence-electron chi connectivity index (χ2n) is 3.27. The van der Waals surface area contributed by atoms with Crippen LogP contribution in [0.3, 0.4) is 0 Å². The minimum atomic E-state index is 0. The van der Waals surface area contributed by atoms with Crippen LogP contribution in [0.25, 0.3) is 0 Å². The van der Waals surface area contributed by atoms with Gasteiger partial charge in [-0.1, -0.05) is 13.3 Å². The Morgan fingerprint density at radius 3 is 2.12 bits per heavy atom. The zero-order chi connectivity index (χ0) is 11.5. The van der Waals surface area contributed by atoms with Crippen LogP contribution in [0.4, 0.5) is 5.69 Å². The van der Waals surface area contributed by atoms with Gasteiger partial charge in [-0.05, 0) is 18.6 Å². The van der Waals surface area contributed by atoms with E-state index in [1.165, 1.54) is 12.1 Å². The van der Waals surface area contributed by atoms with Crippen LogP contribution in [0.1, 0.15) is 19.8 Å². The van der Waals surface area contributed by atoms with Crippen molar-refractivity contribution >= 4 is 21.9 Å². The molecule has 1 heterocycles. The third-order valence-corrected chi connectivity index (χ3v) is 2.08. The number of nitrogens with zero attached hydrogens (tertiary/aromatic N) is 2. The van der Waals surface area contributed by atoms with E-state index >= 15 is 0 Å². The van der Waals surface area contributed by atoms with Gasteiger partial charge >= 0.3 is 0 Å². The predicted molar refractivity (Wildman–Crippen MR) is 68.4 cm³/mol. The summed E-state index contributed by atoms with van der Waals surface area (Å²) in [5, 5.41) is 0. The van der Waals surface area contributed by atoms with E-state index < -0.39 is 0 Å². The van der Waals surface area contributed by atoms with Crippen molar-refractivity contribution in [3.63, 3.8) is 0 Å². The standard InChI is InChI=1S/C7H10N2.C4H9BrO.Cu/c1-9(2)7-3-5-8-6-4-7;1-2-3-4-6-5;/h3-6H,1-2H3;2-4H2,1H3;. The van der Waals surface area contributed by atoms with E-state index in [2.05, 4.69) is 32.0 Å². The molecule has 1 aromatic heterocycles. The first-order valence-corrected chi connectivity index (χ1v) is 5.68. The molecule has 97 valence electrons. The van der Waals surface area contributed by atoms with Gasteiger partial charge in [0.1, 0.15) is 0 Å². The SMILES string of the molecule is CCCCOBr.CN(C)c1ccncc1.[Cu]. The molecule has 0 bridgehead atoms. The summed E-state index contributed by atoms with van der Waals surface area (Å²) < 4.78 is 4.59. The van der Waals surface area contributed by atoms with Crippen LogP contribution in [-0.2, 0) is 20.9 Å². The molecule has 0 atom stereocenters. The fourth-order valence-corrected chi connectivity index (χ4v) is 1.07. The summed E-state index contributed by atoms with van der Waals surface area (Å²) in [7, 11) is 4.02. The van der Waals surface area contributed by atoms with Gasteiger partial charge in [-0.25, -0.2) is 0 Å². The number of pyridine rings is 1. The third-order valence-electron chi connectivity index (χ3n) is 1.75. The fourth-order valence-electron chi connectivity index (χ4n) is 0.841. The van der Waals surface area contributed by atoms with Gasteiger partial charge in [0, 0.05) is 49.2 Å². The van der Waals surface area contributed by atoms with Gasteiger partial charge in [-0.15, -0.1) is 0 Å². The maximum Gasteiger partial charge on any atom is 0.0987 e. The van der Waals surface area contributed by atoms with Crippen molar-refractivity contribution in [3.05, 3.63) is 24.5 Å². The van der Waals surface area contributed by atoms with Gasteiger partial charge in [0.15, 0.2) is 0 Å². The van der Waals surface area contributed by atoms with Crippen LogP contribution < -0.4 is 4.90 Å². The number of aromatic nitrogens is 1. The number of hydrogen-bond acceptors (Lipinski definition) is 3.